The third-order valence-electron chi connectivity index (χ3n) is 2.78. The fourth-order valence-electron chi connectivity index (χ4n) is 1.72. The number of sulfonamides is 1. The Bertz CT molecular complexity index is 659. The van der Waals surface area contributed by atoms with Gasteiger partial charge in [-0.3, -0.25) is 0 Å². The van der Waals surface area contributed by atoms with Crippen LogP contribution in [0.1, 0.15) is 12.5 Å². The van der Waals surface area contributed by atoms with E-state index in [-0.39, 0.29) is 10.8 Å². The predicted molar refractivity (Wildman–Crippen MR) is 79.3 cm³/mol. The second-order valence-corrected chi connectivity index (χ2v) is 6.00. The maximum Gasteiger partial charge on any atom is 0.264 e. The van der Waals surface area contributed by atoms with Crippen molar-refractivity contribution >= 4 is 16.0 Å². The van der Waals surface area contributed by atoms with Crippen LogP contribution in [0.4, 0.5) is 5.95 Å². The maximum absolute atomic E-state index is 12.1. The zero-order valence-electron chi connectivity index (χ0n) is 11.7. The Balaban J connectivity index is 2.06. The molecule has 112 valence electrons. The first kappa shape index (κ1) is 15.3. The fourth-order valence-corrected chi connectivity index (χ4v) is 2.66. The number of hydrogen-bond donors (Lipinski definition) is 2. The van der Waals surface area contributed by atoms with Gasteiger partial charge in [0.2, 0.25) is 0 Å². The molecule has 7 nitrogen and oxygen atoms in total. The number of anilines is 1. The van der Waals surface area contributed by atoms with Crippen molar-refractivity contribution in [3.63, 3.8) is 0 Å². The van der Waals surface area contributed by atoms with Crippen molar-refractivity contribution in [1.29, 1.82) is 0 Å². The number of rotatable bonds is 7. The molecule has 1 aromatic carbocycles. The van der Waals surface area contributed by atoms with Crippen LogP contribution < -0.4 is 10.0 Å². The summed E-state index contributed by atoms with van der Waals surface area (Å²) in [7, 11) is -3.69. The number of aromatic nitrogens is 3. The summed E-state index contributed by atoms with van der Waals surface area (Å²) in [6, 6.07) is 6.74. The fraction of sp³-hybridized carbons (Fsp3) is 0.308. The Labute approximate surface area is 123 Å². The van der Waals surface area contributed by atoms with Gasteiger partial charge in [-0.2, -0.15) is 5.10 Å². The molecular weight excluding hydrogens is 290 g/mol. The second-order valence-electron chi connectivity index (χ2n) is 4.32. The molecule has 2 aromatic rings. The van der Waals surface area contributed by atoms with Gasteiger partial charge < -0.3 is 5.32 Å². The Morgan fingerprint density at radius 1 is 1.14 bits per heavy atom. The van der Waals surface area contributed by atoms with Crippen LogP contribution in [0.2, 0.25) is 0 Å². The summed E-state index contributed by atoms with van der Waals surface area (Å²) in [5.74, 6) is -0.0475. The van der Waals surface area contributed by atoms with E-state index in [9.17, 15) is 8.42 Å². The summed E-state index contributed by atoms with van der Waals surface area (Å²) >= 11 is 0. The zero-order chi connectivity index (χ0) is 15.1. The molecule has 0 unspecified atom stereocenters. The molecule has 0 spiro atoms. The van der Waals surface area contributed by atoms with Crippen LogP contribution in [-0.2, 0) is 16.4 Å². The lowest BCUT2D eigenvalue weighted by Gasteiger charge is -2.07. The normalized spacial score (nSPS) is 11.3. The highest BCUT2D eigenvalue weighted by Crippen LogP contribution is 2.13. The molecule has 0 aliphatic heterocycles. The van der Waals surface area contributed by atoms with Crippen LogP contribution in [0.3, 0.4) is 0 Å². The minimum atomic E-state index is -3.69. The third kappa shape index (κ3) is 4.47. The topological polar surface area (TPSA) is 96.9 Å². The highest BCUT2D eigenvalue weighted by atomic mass is 32.2. The highest BCUT2D eigenvalue weighted by molar-refractivity contribution is 7.92. The largest absolute Gasteiger partial charge is 0.317 e. The minimum Gasteiger partial charge on any atom is -0.317 e. The number of nitrogens with one attached hydrogen (secondary N) is 2. The molecule has 0 aliphatic carbocycles. The van der Waals surface area contributed by atoms with Gasteiger partial charge in [0.15, 0.2) is 0 Å². The standard InChI is InChI=1S/C13H17N5O2S/c1-2-14-8-7-11-3-5-12(6-4-11)21(19,20)18-13-15-9-10-16-17-13/h3-6,9-10,14H,2,7-8H2,1H3,(H,15,17,18). The number of nitrogens with zero attached hydrogens (tertiary/aromatic N) is 3. The van der Waals surface area contributed by atoms with E-state index in [1.807, 2.05) is 6.92 Å². The molecule has 2 rings (SSSR count). The Morgan fingerprint density at radius 3 is 2.52 bits per heavy atom. The van der Waals surface area contributed by atoms with Gasteiger partial charge in [-0.05, 0) is 37.2 Å². The first-order valence-corrected chi connectivity index (χ1v) is 8.06. The molecule has 0 radical (unpaired) electrons. The van der Waals surface area contributed by atoms with E-state index in [1.54, 1.807) is 24.3 Å². The molecule has 0 saturated carbocycles. The molecule has 0 saturated heterocycles. The number of benzene rings is 1. The smallest absolute Gasteiger partial charge is 0.264 e. The van der Waals surface area contributed by atoms with Gasteiger partial charge in [-0.1, -0.05) is 19.1 Å². The lowest BCUT2D eigenvalue weighted by molar-refractivity contribution is 0.600. The summed E-state index contributed by atoms with van der Waals surface area (Å²) in [4.78, 5) is 3.95. The van der Waals surface area contributed by atoms with Crippen molar-refractivity contribution in [2.75, 3.05) is 17.8 Å². The summed E-state index contributed by atoms with van der Waals surface area (Å²) in [5, 5.41) is 10.4. The molecule has 2 N–H and O–H groups in total. The lowest BCUT2D eigenvalue weighted by atomic mass is 10.1. The van der Waals surface area contributed by atoms with Gasteiger partial charge in [-0.25, -0.2) is 18.1 Å². The molecule has 1 heterocycles. The Kier molecular flexibility index (Phi) is 5.18. The number of hydrogen-bond acceptors (Lipinski definition) is 6. The molecule has 0 fully saturated rings. The highest BCUT2D eigenvalue weighted by Gasteiger charge is 2.15. The average molecular weight is 307 g/mol. The van der Waals surface area contributed by atoms with Gasteiger partial charge in [0, 0.05) is 0 Å². The van der Waals surface area contributed by atoms with Crippen LogP contribution in [-0.4, -0.2) is 36.7 Å². The van der Waals surface area contributed by atoms with Crippen molar-refractivity contribution in [3.8, 4) is 0 Å². The summed E-state index contributed by atoms with van der Waals surface area (Å²) in [5.41, 5.74) is 1.08. The summed E-state index contributed by atoms with van der Waals surface area (Å²) in [6.07, 6.45) is 3.60. The van der Waals surface area contributed by atoms with Crippen LogP contribution in [0.15, 0.2) is 41.6 Å². The van der Waals surface area contributed by atoms with E-state index in [1.165, 1.54) is 12.4 Å². The molecule has 21 heavy (non-hydrogen) atoms. The maximum atomic E-state index is 12.1. The minimum absolute atomic E-state index is 0.0475. The van der Waals surface area contributed by atoms with Gasteiger partial charge in [0.1, 0.15) is 0 Å². The SMILES string of the molecule is CCNCCc1ccc(S(=O)(=O)Nc2nccnn2)cc1. The summed E-state index contributed by atoms with van der Waals surface area (Å²) < 4.78 is 26.6. The predicted octanol–water partition coefficient (Wildman–Crippen LogP) is 0.824. The van der Waals surface area contributed by atoms with E-state index in [0.29, 0.717) is 0 Å². The first-order chi connectivity index (χ1) is 10.1. The van der Waals surface area contributed by atoms with Crippen molar-refractivity contribution < 1.29 is 8.42 Å². The average Bonchev–Trinajstić information content (AvgIpc) is 2.49. The van der Waals surface area contributed by atoms with E-state index in [2.05, 4.69) is 25.2 Å². The van der Waals surface area contributed by atoms with Crippen molar-refractivity contribution in [3.05, 3.63) is 42.2 Å². The second kappa shape index (κ2) is 7.09. The van der Waals surface area contributed by atoms with Gasteiger partial charge in [-0.15, -0.1) is 5.10 Å². The molecule has 0 atom stereocenters. The number of likely N-dealkylation sites (N-methyl/N-ethyl adjacent to an activating group) is 1. The first-order valence-electron chi connectivity index (χ1n) is 6.58. The van der Waals surface area contributed by atoms with E-state index in [4.69, 9.17) is 0 Å². The van der Waals surface area contributed by atoms with E-state index in [0.717, 1.165) is 25.1 Å². The van der Waals surface area contributed by atoms with Crippen molar-refractivity contribution in [2.24, 2.45) is 0 Å². The molecule has 1 aromatic heterocycles. The van der Waals surface area contributed by atoms with Crippen LogP contribution in [0.25, 0.3) is 0 Å². The third-order valence-corrected chi connectivity index (χ3v) is 4.13. The van der Waals surface area contributed by atoms with Crippen LogP contribution in [0, 0.1) is 0 Å². The van der Waals surface area contributed by atoms with E-state index >= 15 is 0 Å². The molecular formula is C13H17N5O2S. The Morgan fingerprint density at radius 2 is 1.90 bits per heavy atom. The zero-order valence-corrected chi connectivity index (χ0v) is 12.5. The Hall–Kier alpha value is -2.06. The van der Waals surface area contributed by atoms with Gasteiger partial charge >= 0.3 is 0 Å². The summed E-state index contributed by atoms with van der Waals surface area (Å²) in [6.45, 7) is 3.83. The lowest BCUT2D eigenvalue weighted by Crippen LogP contribution is -2.17. The van der Waals surface area contributed by atoms with Crippen LogP contribution >= 0.6 is 0 Å². The monoisotopic (exact) mass is 307 g/mol. The van der Waals surface area contributed by atoms with Gasteiger partial charge in [0.25, 0.3) is 16.0 Å². The van der Waals surface area contributed by atoms with Gasteiger partial charge in [0.05, 0.1) is 17.3 Å². The molecule has 0 bridgehead atoms. The van der Waals surface area contributed by atoms with Crippen molar-refractivity contribution in [2.45, 2.75) is 18.2 Å². The molecule has 8 heteroatoms. The molecule has 0 amide bonds. The van der Waals surface area contributed by atoms with E-state index < -0.39 is 10.0 Å². The van der Waals surface area contributed by atoms with Crippen molar-refractivity contribution in [1.82, 2.24) is 20.5 Å². The molecule has 0 aliphatic rings. The van der Waals surface area contributed by atoms with Crippen LogP contribution in [0.5, 0.6) is 0 Å². The quantitative estimate of drug-likeness (QED) is 0.735.